The molecule has 0 radical (unpaired) electrons. The van der Waals surface area contributed by atoms with Crippen LogP contribution in [-0.2, 0) is 11.2 Å². The second kappa shape index (κ2) is 7.37. The van der Waals surface area contributed by atoms with Crippen molar-refractivity contribution in [3.8, 4) is 0 Å². The van der Waals surface area contributed by atoms with Gasteiger partial charge < -0.3 is 10.4 Å². The van der Waals surface area contributed by atoms with E-state index in [1.165, 1.54) is 5.56 Å². The number of aromatic carboxylic acids is 1. The van der Waals surface area contributed by atoms with Gasteiger partial charge in [-0.25, -0.2) is 9.78 Å². The topological polar surface area (TPSA) is 79.3 Å². The average Bonchev–Trinajstić information content (AvgIpc) is 2.89. The van der Waals surface area contributed by atoms with E-state index in [0.717, 1.165) is 16.9 Å². The number of carbonyl (C=O) groups excluding carboxylic acids is 1. The Morgan fingerprint density at radius 2 is 2.00 bits per heavy atom. The lowest BCUT2D eigenvalue weighted by molar-refractivity contribution is -0.121. The summed E-state index contributed by atoms with van der Waals surface area (Å²) in [6, 6.07) is 7.70. The first-order chi connectivity index (χ1) is 10.9. The molecular weight excluding hydrogens is 312 g/mol. The fraction of sp³-hybridized carbons (Fsp3) is 0.353. The molecule has 1 unspecified atom stereocenters. The second-order valence-corrected chi connectivity index (χ2v) is 6.52. The summed E-state index contributed by atoms with van der Waals surface area (Å²) in [7, 11) is 0. The van der Waals surface area contributed by atoms with Gasteiger partial charge in [0, 0.05) is 6.42 Å². The number of hydrogen-bond acceptors (Lipinski definition) is 4. The number of nitrogens with one attached hydrogen (secondary N) is 1. The van der Waals surface area contributed by atoms with Crippen LogP contribution in [0.15, 0.2) is 24.3 Å². The van der Waals surface area contributed by atoms with Crippen molar-refractivity contribution < 1.29 is 14.7 Å². The Hall–Kier alpha value is -2.21. The molecule has 2 rings (SSSR count). The van der Waals surface area contributed by atoms with Crippen LogP contribution in [0.25, 0.3) is 0 Å². The summed E-state index contributed by atoms with van der Waals surface area (Å²) >= 11 is 1.11. The first-order valence-electron chi connectivity index (χ1n) is 7.43. The lowest BCUT2D eigenvalue weighted by Crippen LogP contribution is -2.26. The molecule has 1 aromatic carbocycles. The Labute approximate surface area is 139 Å². The highest BCUT2D eigenvalue weighted by molar-refractivity contribution is 7.13. The maximum Gasteiger partial charge on any atom is 0.347 e. The van der Waals surface area contributed by atoms with Crippen molar-refractivity contribution in [1.82, 2.24) is 10.3 Å². The summed E-state index contributed by atoms with van der Waals surface area (Å²) < 4.78 is 0. The van der Waals surface area contributed by atoms with Gasteiger partial charge in [0.2, 0.25) is 5.91 Å². The Balaban J connectivity index is 1.93. The van der Waals surface area contributed by atoms with Crippen molar-refractivity contribution in [2.75, 3.05) is 0 Å². The predicted molar refractivity (Wildman–Crippen MR) is 89.9 cm³/mol. The molecule has 5 nitrogen and oxygen atoms in total. The number of carbonyl (C=O) groups is 2. The molecule has 1 heterocycles. The van der Waals surface area contributed by atoms with Gasteiger partial charge in [-0.1, -0.05) is 24.3 Å². The van der Waals surface area contributed by atoms with E-state index in [1.54, 1.807) is 6.92 Å². The molecule has 23 heavy (non-hydrogen) atoms. The van der Waals surface area contributed by atoms with Crippen LogP contribution in [0.1, 0.15) is 50.9 Å². The van der Waals surface area contributed by atoms with Crippen LogP contribution in [-0.4, -0.2) is 22.0 Å². The summed E-state index contributed by atoms with van der Waals surface area (Å²) in [4.78, 5) is 27.6. The van der Waals surface area contributed by atoms with Gasteiger partial charge in [0.15, 0.2) is 0 Å². The molecule has 0 saturated heterocycles. The maximum absolute atomic E-state index is 12.1. The molecule has 122 valence electrons. The van der Waals surface area contributed by atoms with Crippen molar-refractivity contribution >= 4 is 23.2 Å². The number of aromatic nitrogens is 1. The summed E-state index contributed by atoms with van der Waals surface area (Å²) in [6.07, 6.45) is 1.08. The number of benzene rings is 1. The average molecular weight is 332 g/mol. The number of thiazole rings is 1. The van der Waals surface area contributed by atoms with Gasteiger partial charge >= 0.3 is 5.97 Å². The van der Waals surface area contributed by atoms with Gasteiger partial charge in [0.05, 0.1) is 11.7 Å². The van der Waals surface area contributed by atoms with Crippen LogP contribution in [0.4, 0.5) is 0 Å². The standard InChI is InChI=1S/C17H20N2O3S/c1-10-6-4-5-7-13(10)8-9-14(20)18-12(3)16-19-11(2)15(23-16)17(21)22/h4-7,12H,8-9H2,1-3H3,(H,18,20)(H,21,22). The SMILES string of the molecule is Cc1ccccc1CCC(=O)NC(C)c1nc(C)c(C(=O)O)s1. The fourth-order valence-corrected chi connectivity index (χ4v) is 3.22. The van der Waals surface area contributed by atoms with Gasteiger partial charge in [-0.2, -0.15) is 0 Å². The highest BCUT2D eigenvalue weighted by Crippen LogP contribution is 2.23. The van der Waals surface area contributed by atoms with Crippen molar-refractivity contribution in [2.24, 2.45) is 0 Å². The summed E-state index contributed by atoms with van der Waals surface area (Å²) in [6.45, 7) is 5.51. The molecule has 1 aromatic heterocycles. The molecule has 0 fully saturated rings. The first kappa shape index (κ1) is 17.1. The van der Waals surface area contributed by atoms with Gasteiger partial charge in [-0.15, -0.1) is 11.3 Å². The third-order valence-electron chi connectivity index (χ3n) is 3.64. The van der Waals surface area contributed by atoms with Gasteiger partial charge in [0.1, 0.15) is 9.88 Å². The van der Waals surface area contributed by atoms with Crippen LogP contribution in [0, 0.1) is 13.8 Å². The molecular formula is C17H20N2O3S. The molecule has 0 spiro atoms. The lowest BCUT2D eigenvalue weighted by Gasteiger charge is -2.11. The normalized spacial score (nSPS) is 12.0. The zero-order valence-electron chi connectivity index (χ0n) is 13.4. The number of amides is 1. The molecule has 0 bridgehead atoms. The minimum absolute atomic E-state index is 0.0644. The number of hydrogen-bond donors (Lipinski definition) is 2. The number of carboxylic acids is 1. The van der Waals surface area contributed by atoms with E-state index in [1.807, 2.05) is 38.1 Å². The first-order valence-corrected chi connectivity index (χ1v) is 8.24. The minimum atomic E-state index is -0.982. The van der Waals surface area contributed by atoms with E-state index in [0.29, 0.717) is 23.5 Å². The molecule has 0 aliphatic heterocycles. The van der Waals surface area contributed by atoms with Gasteiger partial charge in [0.25, 0.3) is 0 Å². The van der Waals surface area contributed by atoms with Gasteiger partial charge in [-0.05, 0) is 38.3 Å². The van der Waals surface area contributed by atoms with E-state index >= 15 is 0 Å². The maximum atomic E-state index is 12.1. The van der Waals surface area contributed by atoms with E-state index < -0.39 is 5.97 Å². The van der Waals surface area contributed by atoms with E-state index in [9.17, 15) is 9.59 Å². The van der Waals surface area contributed by atoms with Crippen molar-refractivity contribution in [1.29, 1.82) is 0 Å². The summed E-state index contributed by atoms with van der Waals surface area (Å²) in [5.41, 5.74) is 2.82. The zero-order chi connectivity index (χ0) is 17.0. The molecule has 2 aromatic rings. The second-order valence-electron chi connectivity index (χ2n) is 5.49. The third-order valence-corrected chi connectivity index (χ3v) is 4.97. The number of carboxylic acid groups (broad SMARTS) is 1. The van der Waals surface area contributed by atoms with Crippen LogP contribution < -0.4 is 5.32 Å². The van der Waals surface area contributed by atoms with Crippen LogP contribution in [0.2, 0.25) is 0 Å². The number of rotatable bonds is 6. The molecule has 6 heteroatoms. The Bertz CT molecular complexity index is 724. The van der Waals surface area contributed by atoms with Crippen molar-refractivity contribution in [2.45, 2.75) is 39.7 Å². The Morgan fingerprint density at radius 3 is 2.61 bits per heavy atom. The zero-order valence-corrected chi connectivity index (χ0v) is 14.2. The predicted octanol–water partition coefficient (Wildman–Crippen LogP) is 3.27. The molecule has 0 aliphatic carbocycles. The van der Waals surface area contributed by atoms with Crippen molar-refractivity contribution in [3.63, 3.8) is 0 Å². The molecule has 0 saturated carbocycles. The molecule has 1 amide bonds. The largest absolute Gasteiger partial charge is 0.477 e. The Kier molecular flexibility index (Phi) is 5.50. The number of nitrogens with zero attached hydrogens (tertiary/aromatic N) is 1. The highest BCUT2D eigenvalue weighted by Gasteiger charge is 2.19. The van der Waals surface area contributed by atoms with Gasteiger partial charge in [-0.3, -0.25) is 4.79 Å². The fourth-order valence-electron chi connectivity index (χ4n) is 2.32. The molecule has 2 N–H and O–H groups in total. The minimum Gasteiger partial charge on any atom is -0.477 e. The Morgan fingerprint density at radius 1 is 1.30 bits per heavy atom. The summed E-state index contributed by atoms with van der Waals surface area (Å²) in [5.74, 6) is -1.05. The lowest BCUT2D eigenvalue weighted by atomic mass is 10.0. The molecule has 0 aliphatic rings. The van der Waals surface area contributed by atoms with Crippen molar-refractivity contribution in [3.05, 3.63) is 51.0 Å². The highest BCUT2D eigenvalue weighted by atomic mass is 32.1. The van der Waals surface area contributed by atoms with Crippen LogP contribution >= 0.6 is 11.3 Å². The summed E-state index contributed by atoms with van der Waals surface area (Å²) in [5, 5.41) is 12.6. The molecule has 1 atom stereocenters. The van der Waals surface area contributed by atoms with E-state index in [2.05, 4.69) is 10.3 Å². The number of aryl methyl sites for hydroxylation is 3. The van der Waals surface area contributed by atoms with Crippen LogP contribution in [0.5, 0.6) is 0 Å². The third kappa shape index (κ3) is 4.39. The van der Waals surface area contributed by atoms with E-state index in [-0.39, 0.29) is 16.8 Å². The smallest absolute Gasteiger partial charge is 0.347 e. The van der Waals surface area contributed by atoms with Crippen LogP contribution in [0.3, 0.4) is 0 Å². The van der Waals surface area contributed by atoms with E-state index in [4.69, 9.17) is 5.11 Å². The quantitative estimate of drug-likeness (QED) is 0.851. The monoisotopic (exact) mass is 332 g/mol.